The molecular formula is C27H28F5N3O3S. The molecule has 1 amide bonds. The van der Waals surface area contributed by atoms with Crippen LogP contribution in [0.4, 0.5) is 22.0 Å². The van der Waals surface area contributed by atoms with Crippen molar-refractivity contribution in [1.82, 2.24) is 14.6 Å². The summed E-state index contributed by atoms with van der Waals surface area (Å²) in [7, 11) is -0.503. The molecule has 39 heavy (non-hydrogen) atoms. The maximum Gasteiger partial charge on any atom is 0.433 e. The molecule has 0 saturated carbocycles. The van der Waals surface area contributed by atoms with Crippen molar-refractivity contribution < 1.29 is 35.7 Å². The molecule has 1 aliphatic heterocycles. The number of pyridine rings is 1. The summed E-state index contributed by atoms with van der Waals surface area (Å²) in [6.45, 7) is 4.33. The van der Waals surface area contributed by atoms with Gasteiger partial charge in [-0.15, -0.1) is 0 Å². The van der Waals surface area contributed by atoms with E-state index in [9.17, 15) is 31.0 Å². The van der Waals surface area contributed by atoms with Crippen LogP contribution in [0, 0.1) is 11.6 Å². The maximum absolute atomic E-state index is 14.4. The fourth-order valence-corrected chi connectivity index (χ4v) is 5.44. The number of carbonyl (C=O) groups excluding carboxylic acids is 1. The van der Waals surface area contributed by atoms with Crippen molar-refractivity contribution in [3.05, 3.63) is 77.5 Å². The number of rotatable bonds is 7. The van der Waals surface area contributed by atoms with Crippen molar-refractivity contribution in [2.45, 2.75) is 50.3 Å². The van der Waals surface area contributed by atoms with Gasteiger partial charge in [-0.3, -0.25) is 4.79 Å². The number of halogens is 5. The molecule has 1 aliphatic rings. The first kappa shape index (κ1) is 30.2. The van der Waals surface area contributed by atoms with Gasteiger partial charge in [-0.25, -0.2) is 22.3 Å². The molecule has 12 heteroatoms. The number of ether oxygens (including phenoxy) is 1. The van der Waals surface area contributed by atoms with Crippen LogP contribution in [0.5, 0.6) is 5.88 Å². The van der Waals surface area contributed by atoms with E-state index in [-0.39, 0.29) is 23.6 Å². The summed E-state index contributed by atoms with van der Waals surface area (Å²) in [4.78, 5) is 16.8. The van der Waals surface area contributed by atoms with Crippen LogP contribution in [0.25, 0.3) is 11.1 Å². The van der Waals surface area contributed by atoms with E-state index < -0.39 is 46.4 Å². The van der Waals surface area contributed by atoms with E-state index in [1.165, 1.54) is 40.7 Å². The molecule has 2 atom stereocenters. The lowest BCUT2D eigenvalue weighted by Crippen LogP contribution is -2.43. The zero-order valence-corrected chi connectivity index (χ0v) is 22.3. The number of nitrogens with one attached hydrogen (secondary N) is 1. The number of aromatic nitrogens is 1. The van der Waals surface area contributed by atoms with E-state index in [2.05, 4.69) is 10.3 Å². The van der Waals surface area contributed by atoms with Crippen molar-refractivity contribution in [2.75, 3.05) is 13.7 Å². The predicted octanol–water partition coefficient (Wildman–Crippen LogP) is 5.88. The summed E-state index contributed by atoms with van der Waals surface area (Å²) in [5.74, 6) is -1.85. The molecule has 0 bridgehead atoms. The fraction of sp³-hybridized carbons (Fsp3) is 0.333. The first-order valence-electron chi connectivity index (χ1n) is 12.2. The summed E-state index contributed by atoms with van der Waals surface area (Å²) in [5, 5.41) is 2.71. The minimum atomic E-state index is -4.67. The number of benzene rings is 2. The van der Waals surface area contributed by atoms with Crippen molar-refractivity contribution in [1.29, 1.82) is 0 Å². The highest BCUT2D eigenvalue weighted by Gasteiger charge is 2.35. The number of nitrogens with zero attached hydrogens (tertiary/aromatic N) is 2. The Bertz CT molecular complexity index is 1320. The Hall–Kier alpha value is -3.38. The minimum Gasteiger partial charge on any atom is -0.481 e. The molecule has 0 aliphatic carbocycles. The van der Waals surface area contributed by atoms with Gasteiger partial charge in [0.25, 0.3) is 0 Å². The molecule has 1 saturated heterocycles. The Morgan fingerprint density at radius 1 is 1.08 bits per heavy atom. The van der Waals surface area contributed by atoms with Crippen LogP contribution in [0.1, 0.15) is 37.9 Å². The van der Waals surface area contributed by atoms with Crippen LogP contribution in [0.15, 0.2) is 59.5 Å². The molecular weight excluding hydrogens is 541 g/mol. The van der Waals surface area contributed by atoms with Crippen LogP contribution in [0.3, 0.4) is 0 Å². The van der Waals surface area contributed by atoms with E-state index in [1.54, 1.807) is 0 Å². The average molecular weight is 570 g/mol. The second kappa shape index (κ2) is 13.1. The molecule has 3 aromatic rings. The second-order valence-electron chi connectivity index (χ2n) is 8.32. The van der Waals surface area contributed by atoms with Crippen LogP contribution >= 0.6 is 0 Å². The van der Waals surface area contributed by atoms with Crippen LogP contribution in [-0.2, 0) is 28.5 Å². The van der Waals surface area contributed by atoms with Crippen LogP contribution in [-0.4, -0.2) is 39.1 Å². The summed E-state index contributed by atoms with van der Waals surface area (Å²) in [5.41, 5.74) is -0.410. The molecule has 0 radical (unpaired) electrons. The quantitative estimate of drug-likeness (QED) is 0.361. The van der Waals surface area contributed by atoms with Gasteiger partial charge in [0.15, 0.2) is 0 Å². The Morgan fingerprint density at radius 2 is 1.77 bits per heavy atom. The number of alkyl halides is 3. The van der Waals surface area contributed by atoms with E-state index >= 15 is 0 Å². The third-order valence-corrected chi connectivity index (χ3v) is 7.35. The molecule has 1 N–H and O–H groups in total. The Morgan fingerprint density at radius 3 is 2.41 bits per heavy atom. The number of hydrogen-bond acceptors (Lipinski definition) is 4. The van der Waals surface area contributed by atoms with Gasteiger partial charge >= 0.3 is 6.18 Å². The van der Waals surface area contributed by atoms with Gasteiger partial charge in [0.05, 0.1) is 12.0 Å². The molecule has 2 unspecified atom stereocenters. The number of hydrogen-bond donors (Lipinski definition) is 1. The highest BCUT2D eigenvalue weighted by Crippen LogP contribution is 2.35. The van der Waals surface area contributed by atoms with Crippen LogP contribution < -0.4 is 10.1 Å². The fourth-order valence-electron chi connectivity index (χ4n) is 4.08. The van der Waals surface area contributed by atoms with Crippen molar-refractivity contribution >= 4 is 16.9 Å². The first-order chi connectivity index (χ1) is 18.6. The SMILES string of the molecule is CC.COc1nc(C(F)(F)F)ccc1-c1cc(F)cc(CNC(=O)C2CCCN2S(=O)c2ccc(F)cc2)c1. The molecule has 6 nitrogen and oxygen atoms in total. The predicted molar refractivity (Wildman–Crippen MR) is 137 cm³/mol. The lowest BCUT2D eigenvalue weighted by atomic mass is 10.0. The van der Waals surface area contributed by atoms with Gasteiger partial charge in [-0.05, 0) is 78.6 Å². The smallest absolute Gasteiger partial charge is 0.433 e. The molecule has 4 rings (SSSR count). The number of carbonyl (C=O) groups is 1. The molecule has 210 valence electrons. The molecule has 1 fully saturated rings. The van der Waals surface area contributed by atoms with E-state index in [1.807, 2.05) is 13.8 Å². The first-order valence-corrected chi connectivity index (χ1v) is 13.3. The largest absolute Gasteiger partial charge is 0.481 e. The van der Waals surface area contributed by atoms with E-state index in [4.69, 9.17) is 4.74 Å². The molecule has 2 heterocycles. The second-order valence-corrected chi connectivity index (χ2v) is 9.76. The number of methoxy groups -OCH3 is 1. The molecule has 1 aromatic heterocycles. The lowest BCUT2D eigenvalue weighted by Gasteiger charge is -2.22. The topological polar surface area (TPSA) is 71.5 Å². The lowest BCUT2D eigenvalue weighted by molar-refractivity contribution is -0.141. The normalized spacial score (nSPS) is 16.3. The van der Waals surface area contributed by atoms with Gasteiger partial charge in [0, 0.05) is 18.7 Å². The van der Waals surface area contributed by atoms with Gasteiger partial charge in [-0.2, -0.15) is 13.2 Å². The Balaban J connectivity index is 0.00000205. The van der Waals surface area contributed by atoms with Crippen molar-refractivity contribution in [2.24, 2.45) is 0 Å². The highest BCUT2D eigenvalue weighted by atomic mass is 32.2. The molecule has 2 aromatic carbocycles. The van der Waals surface area contributed by atoms with Gasteiger partial charge in [-0.1, -0.05) is 13.8 Å². The van der Waals surface area contributed by atoms with Crippen molar-refractivity contribution in [3.63, 3.8) is 0 Å². The zero-order chi connectivity index (χ0) is 28.7. The summed E-state index contributed by atoms with van der Waals surface area (Å²) in [6.07, 6.45) is -3.57. The summed E-state index contributed by atoms with van der Waals surface area (Å²) < 4.78 is 86.1. The van der Waals surface area contributed by atoms with Gasteiger partial charge in [0.1, 0.15) is 34.4 Å². The van der Waals surface area contributed by atoms with Gasteiger partial charge < -0.3 is 10.1 Å². The minimum absolute atomic E-state index is 0.0759. The number of amides is 1. The summed E-state index contributed by atoms with van der Waals surface area (Å²) >= 11 is 0. The van der Waals surface area contributed by atoms with E-state index in [0.717, 1.165) is 25.3 Å². The zero-order valence-electron chi connectivity index (χ0n) is 21.5. The Labute approximate surface area is 225 Å². The van der Waals surface area contributed by atoms with Gasteiger partial charge in [0.2, 0.25) is 11.8 Å². The van der Waals surface area contributed by atoms with Crippen molar-refractivity contribution in [3.8, 4) is 17.0 Å². The third-order valence-electron chi connectivity index (χ3n) is 5.81. The molecule has 0 spiro atoms. The standard InChI is InChI=1S/C25H22F5N3O3S.C2H6/c1-36-24-20(8-9-22(32-24)25(28,29)30)16-11-15(12-18(27)13-16)14-31-23(34)21-3-2-10-33(21)37(35)19-6-4-17(26)5-7-19;1-2/h4-9,11-13,21H,2-3,10,14H2,1H3,(H,31,34);1-2H3. The monoisotopic (exact) mass is 569 g/mol. The average Bonchev–Trinajstić information content (AvgIpc) is 3.42. The Kier molecular flexibility index (Phi) is 10.1. The van der Waals surface area contributed by atoms with E-state index in [0.29, 0.717) is 29.8 Å². The maximum atomic E-state index is 14.4. The highest BCUT2D eigenvalue weighted by molar-refractivity contribution is 7.82. The third kappa shape index (κ3) is 7.39. The summed E-state index contributed by atoms with van der Waals surface area (Å²) in [6, 6.07) is 10.3. The van der Waals surface area contributed by atoms with Crippen LogP contribution in [0.2, 0.25) is 0 Å².